The Morgan fingerprint density at radius 3 is 2.52 bits per heavy atom. The summed E-state index contributed by atoms with van der Waals surface area (Å²) in [6.45, 7) is 8.24. The fourth-order valence-electron chi connectivity index (χ4n) is 5.93. The molecule has 1 aromatic carbocycles. The van der Waals surface area contributed by atoms with E-state index in [0.717, 1.165) is 52.2 Å². The third-order valence-corrected chi connectivity index (χ3v) is 8.03. The molecule has 2 aromatic heterocycles. The van der Waals surface area contributed by atoms with Gasteiger partial charge in [-0.15, -0.1) is 0 Å². The number of anilines is 3. The molecular formula is C33H37F3N6O4. The zero-order valence-electron chi connectivity index (χ0n) is 26.4. The monoisotopic (exact) mass is 638 g/mol. The van der Waals surface area contributed by atoms with Gasteiger partial charge in [-0.2, -0.15) is 13.2 Å². The Labute approximate surface area is 265 Å². The minimum atomic E-state index is -4.63. The van der Waals surface area contributed by atoms with E-state index in [1.54, 1.807) is 24.2 Å². The van der Waals surface area contributed by atoms with Crippen molar-refractivity contribution in [2.45, 2.75) is 58.5 Å². The van der Waals surface area contributed by atoms with Gasteiger partial charge in [-0.05, 0) is 67.3 Å². The summed E-state index contributed by atoms with van der Waals surface area (Å²) in [5.41, 5.74) is 4.15. The molecule has 0 bridgehead atoms. The van der Waals surface area contributed by atoms with Crippen LogP contribution in [0.1, 0.15) is 46.5 Å². The van der Waals surface area contributed by atoms with Crippen molar-refractivity contribution in [3.8, 4) is 0 Å². The maximum Gasteiger partial charge on any atom is 0.416 e. The second-order valence-electron chi connectivity index (χ2n) is 11.2. The normalized spacial score (nSPS) is 15.7. The number of rotatable bonds is 7. The number of amides is 3. The lowest BCUT2D eigenvalue weighted by atomic mass is 10.1. The van der Waals surface area contributed by atoms with Gasteiger partial charge in [0.1, 0.15) is 11.9 Å². The molecule has 3 aromatic rings. The summed E-state index contributed by atoms with van der Waals surface area (Å²) in [4.78, 5) is 53.9. The molecule has 0 unspecified atom stereocenters. The third-order valence-electron chi connectivity index (χ3n) is 8.03. The predicted octanol–water partition coefficient (Wildman–Crippen LogP) is 4.54. The second-order valence-corrected chi connectivity index (χ2v) is 11.2. The highest BCUT2D eigenvalue weighted by Gasteiger charge is 2.41. The Kier molecular flexibility index (Phi) is 10.1. The number of aryl methyl sites for hydroxylation is 2. The van der Waals surface area contributed by atoms with Gasteiger partial charge in [-0.1, -0.05) is 18.7 Å². The highest BCUT2D eigenvalue weighted by molar-refractivity contribution is 6.09. The summed E-state index contributed by atoms with van der Waals surface area (Å²) in [6, 6.07) is 8.29. The molecule has 244 valence electrons. The summed E-state index contributed by atoms with van der Waals surface area (Å²) in [6.07, 6.45) is -1.39. The number of pyridine rings is 2. The quantitative estimate of drug-likeness (QED) is 0.379. The minimum Gasteiger partial charge on any atom is -0.400 e. The van der Waals surface area contributed by atoms with E-state index in [9.17, 15) is 27.6 Å². The average molecular weight is 639 g/mol. The molecule has 13 heteroatoms. The zero-order valence-corrected chi connectivity index (χ0v) is 26.4. The van der Waals surface area contributed by atoms with Crippen LogP contribution < -0.4 is 14.7 Å². The molecule has 4 heterocycles. The first-order valence-corrected chi connectivity index (χ1v) is 14.6. The molecule has 1 atom stereocenters. The lowest BCUT2D eigenvalue weighted by Gasteiger charge is -2.32. The smallest absolute Gasteiger partial charge is 0.400 e. The van der Waals surface area contributed by atoms with Crippen LogP contribution in [0, 0.1) is 13.8 Å². The van der Waals surface area contributed by atoms with E-state index in [4.69, 9.17) is 5.11 Å². The Bertz CT molecular complexity index is 1660. The van der Waals surface area contributed by atoms with E-state index >= 15 is 0 Å². The SMILES string of the molecule is C=CC(=O)N1Cc2cc(CN(C)c3c(C)cccc3N(C)C(=O)[C@@H]3CCC(=O)N3c3cc(C(F)(F)F)cc(C)n3)cnc2C1.CO. The molecular weight excluding hydrogens is 601 g/mol. The summed E-state index contributed by atoms with van der Waals surface area (Å²) in [7, 11) is 4.49. The first kappa shape index (κ1) is 34.1. The zero-order chi connectivity index (χ0) is 33.9. The van der Waals surface area contributed by atoms with E-state index < -0.39 is 29.6 Å². The molecule has 5 rings (SSSR count). The Hall–Kier alpha value is -4.78. The van der Waals surface area contributed by atoms with Crippen molar-refractivity contribution in [3.05, 3.63) is 88.9 Å². The van der Waals surface area contributed by atoms with Crippen LogP contribution >= 0.6 is 0 Å². The number of alkyl halides is 3. The lowest BCUT2D eigenvalue weighted by molar-refractivity contribution is -0.137. The molecule has 2 aliphatic rings. The number of aliphatic hydroxyl groups excluding tert-OH is 1. The number of aromatic nitrogens is 2. The van der Waals surface area contributed by atoms with Gasteiger partial charge in [0.05, 0.1) is 29.2 Å². The number of para-hydroxylation sites is 1. The number of aliphatic hydroxyl groups is 1. The van der Waals surface area contributed by atoms with E-state index in [0.29, 0.717) is 25.3 Å². The molecule has 0 saturated carbocycles. The van der Waals surface area contributed by atoms with Crippen LogP contribution in [0.5, 0.6) is 0 Å². The number of fused-ring (bicyclic) bond motifs is 1. The molecule has 1 fully saturated rings. The fraction of sp³-hybridized carbons (Fsp3) is 0.364. The number of likely N-dealkylation sites (N-methyl/N-ethyl adjacent to an activating group) is 1. The van der Waals surface area contributed by atoms with Gasteiger partial charge < -0.3 is 19.8 Å². The first-order valence-electron chi connectivity index (χ1n) is 14.6. The van der Waals surface area contributed by atoms with Gasteiger partial charge in [0.15, 0.2) is 0 Å². The maximum absolute atomic E-state index is 13.9. The number of nitrogens with zero attached hydrogens (tertiary/aromatic N) is 6. The highest BCUT2D eigenvalue weighted by atomic mass is 19.4. The molecule has 0 radical (unpaired) electrons. The van der Waals surface area contributed by atoms with Crippen LogP contribution in [0.4, 0.5) is 30.4 Å². The van der Waals surface area contributed by atoms with Crippen molar-refractivity contribution in [2.24, 2.45) is 0 Å². The molecule has 46 heavy (non-hydrogen) atoms. The van der Waals surface area contributed by atoms with Gasteiger partial charge in [-0.25, -0.2) is 4.98 Å². The van der Waals surface area contributed by atoms with Crippen molar-refractivity contribution >= 4 is 34.9 Å². The molecule has 1 saturated heterocycles. The third kappa shape index (κ3) is 6.89. The van der Waals surface area contributed by atoms with E-state index in [2.05, 4.69) is 16.5 Å². The van der Waals surface area contributed by atoms with Gasteiger partial charge in [-0.3, -0.25) is 24.3 Å². The van der Waals surface area contributed by atoms with Crippen LogP contribution in [0.25, 0.3) is 0 Å². The van der Waals surface area contributed by atoms with Gasteiger partial charge >= 0.3 is 6.18 Å². The molecule has 3 amide bonds. The average Bonchev–Trinajstić information content (AvgIpc) is 3.63. The van der Waals surface area contributed by atoms with Crippen molar-refractivity contribution in [2.75, 3.05) is 35.9 Å². The van der Waals surface area contributed by atoms with Gasteiger partial charge in [0.2, 0.25) is 17.7 Å². The van der Waals surface area contributed by atoms with Crippen LogP contribution in [-0.2, 0) is 40.2 Å². The number of benzene rings is 1. The van der Waals surface area contributed by atoms with Crippen molar-refractivity contribution in [3.63, 3.8) is 0 Å². The van der Waals surface area contributed by atoms with Crippen molar-refractivity contribution < 1.29 is 32.7 Å². The molecule has 2 aliphatic heterocycles. The van der Waals surface area contributed by atoms with E-state index in [1.165, 1.54) is 17.9 Å². The largest absolute Gasteiger partial charge is 0.416 e. The molecule has 0 aliphatic carbocycles. The Morgan fingerprint density at radius 1 is 1.13 bits per heavy atom. The van der Waals surface area contributed by atoms with Crippen molar-refractivity contribution in [1.82, 2.24) is 14.9 Å². The number of carbonyl (C=O) groups is 3. The topological polar surface area (TPSA) is 110 Å². The number of carbonyl (C=O) groups excluding carboxylic acids is 3. The van der Waals surface area contributed by atoms with Crippen LogP contribution in [-0.4, -0.2) is 64.9 Å². The maximum atomic E-state index is 13.9. The number of hydrogen-bond donors (Lipinski definition) is 1. The molecule has 0 spiro atoms. The predicted molar refractivity (Wildman–Crippen MR) is 168 cm³/mol. The standard InChI is InChI=1S/C32H33F3N6O3.CH4O/c1-6-28(42)40-17-22-13-21(15-36-24(22)18-40)16-38(4)30-19(2)8-7-9-25(30)39(5)31(44)26-10-11-29(43)41(26)27-14-23(32(33,34)35)12-20(3)37-27;1-2/h6-9,12-15,26H,1,10-11,16-18H2,2-5H3;2H,1H3/t26-;/m0./s1. The van der Waals surface area contributed by atoms with E-state index in [1.807, 2.05) is 37.1 Å². The minimum absolute atomic E-state index is 0.0168. The summed E-state index contributed by atoms with van der Waals surface area (Å²) < 4.78 is 40.6. The second kappa shape index (κ2) is 13.7. The van der Waals surface area contributed by atoms with Crippen LogP contribution in [0.3, 0.4) is 0 Å². The summed E-state index contributed by atoms with van der Waals surface area (Å²) in [5, 5.41) is 7.00. The first-order chi connectivity index (χ1) is 21.8. The van der Waals surface area contributed by atoms with Crippen LogP contribution in [0.2, 0.25) is 0 Å². The lowest BCUT2D eigenvalue weighted by Crippen LogP contribution is -2.46. The highest BCUT2D eigenvalue weighted by Crippen LogP contribution is 2.37. The van der Waals surface area contributed by atoms with E-state index in [-0.39, 0.29) is 30.3 Å². The van der Waals surface area contributed by atoms with Crippen LogP contribution in [0.15, 0.2) is 55.3 Å². The molecule has 10 nitrogen and oxygen atoms in total. The Balaban J connectivity index is 0.00000235. The number of halogens is 3. The number of hydrogen-bond acceptors (Lipinski definition) is 7. The fourth-order valence-corrected chi connectivity index (χ4v) is 5.93. The van der Waals surface area contributed by atoms with Gasteiger partial charge in [0, 0.05) is 52.6 Å². The van der Waals surface area contributed by atoms with Crippen molar-refractivity contribution in [1.29, 1.82) is 0 Å². The molecule has 1 N–H and O–H groups in total. The summed E-state index contributed by atoms with van der Waals surface area (Å²) in [5.74, 6) is -1.23. The Morgan fingerprint density at radius 2 is 1.85 bits per heavy atom. The van der Waals surface area contributed by atoms with Gasteiger partial charge in [0.25, 0.3) is 0 Å². The summed E-state index contributed by atoms with van der Waals surface area (Å²) >= 11 is 0.